The van der Waals surface area contributed by atoms with Crippen LogP contribution in [-0.4, -0.2) is 54.9 Å². The second kappa shape index (κ2) is 6.04. The number of amides is 2. The van der Waals surface area contributed by atoms with Crippen molar-refractivity contribution in [3.05, 3.63) is 0 Å². The number of urea groups is 1. The number of carbonyl (C=O) groups excluding carboxylic acids is 1. The minimum Gasteiger partial charge on any atom is -0.481 e. The van der Waals surface area contributed by atoms with E-state index < -0.39 is 5.97 Å². The molecule has 2 saturated heterocycles. The number of ether oxygens (including phenoxy) is 1. The maximum Gasteiger partial charge on any atom is 0.317 e. The van der Waals surface area contributed by atoms with Gasteiger partial charge in [0.25, 0.3) is 0 Å². The fraction of sp³-hybridized carbons (Fsp3) is 0.833. The third-order valence-electron chi connectivity index (χ3n) is 3.50. The lowest BCUT2D eigenvalue weighted by Gasteiger charge is -2.38. The third kappa shape index (κ3) is 3.60. The number of nitrogens with one attached hydrogen (secondary N) is 1. The summed E-state index contributed by atoms with van der Waals surface area (Å²) >= 11 is 0. The van der Waals surface area contributed by atoms with Crippen LogP contribution in [-0.2, 0) is 9.53 Å². The monoisotopic (exact) mass is 256 g/mol. The minimum absolute atomic E-state index is 0.0813. The lowest BCUT2D eigenvalue weighted by atomic mass is 9.97. The molecule has 18 heavy (non-hydrogen) atoms. The van der Waals surface area contributed by atoms with E-state index in [1.165, 1.54) is 0 Å². The summed E-state index contributed by atoms with van der Waals surface area (Å²) in [5.74, 6) is -0.260. The predicted octanol–water partition coefficient (Wildman–Crippen LogP) is 0.529. The molecule has 2 rings (SSSR count). The summed E-state index contributed by atoms with van der Waals surface area (Å²) in [4.78, 5) is 23.9. The first kappa shape index (κ1) is 13.1. The zero-order chi connectivity index (χ0) is 13.0. The highest BCUT2D eigenvalue weighted by Crippen LogP contribution is 2.19. The van der Waals surface area contributed by atoms with Gasteiger partial charge in [-0.15, -0.1) is 0 Å². The Morgan fingerprint density at radius 1 is 1.33 bits per heavy atom. The largest absolute Gasteiger partial charge is 0.481 e. The van der Waals surface area contributed by atoms with Crippen LogP contribution >= 0.6 is 0 Å². The highest BCUT2D eigenvalue weighted by molar-refractivity contribution is 5.75. The molecule has 1 unspecified atom stereocenters. The van der Waals surface area contributed by atoms with Gasteiger partial charge in [-0.05, 0) is 18.8 Å². The molecule has 6 nitrogen and oxygen atoms in total. The molecule has 0 aromatic carbocycles. The first-order valence-corrected chi connectivity index (χ1v) is 6.47. The van der Waals surface area contributed by atoms with Gasteiger partial charge in [0, 0.05) is 32.2 Å². The van der Waals surface area contributed by atoms with Crippen LogP contribution in [0.15, 0.2) is 0 Å². The predicted molar refractivity (Wildman–Crippen MR) is 64.3 cm³/mol. The van der Waals surface area contributed by atoms with Gasteiger partial charge in [0.05, 0.1) is 13.0 Å². The molecule has 0 spiro atoms. The summed E-state index contributed by atoms with van der Waals surface area (Å²) < 4.78 is 5.35. The fourth-order valence-corrected chi connectivity index (χ4v) is 2.42. The molecule has 2 amide bonds. The molecule has 2 aliphatic rings. The summed E-state index contributed by atoms with van der Waals surface area (Å²) in [5.41, 5.74) is 0. The number of carbonyl (C=O) groups is 2. The van der Waals surface area contributed by atoms with Crippen LogP contribution in [0.1, 0.15) is 19.3 Å². The molecule has 0 aliphatic carbocycles. The van der Waals surface area contributed by atoms with E-state index in [-0.39, 0.29) is 18.4 Å². The molecule has 0 saturated carbocycles. The Morgan fingerprint density at radius 3 is 2.72 bits per heavy atom. The quantitative estimate of drug-likeness (QED) is 0.769. The van der Waals surface area contributed by atoms with Crippen LogP contribution in [0.5, 0.6) is 0 Å². The number of nitrogens with zero attached hydrogens (tertiary/aromatic N) is 1. The average molecular weight is 256 g/mol. The van der Waals surface area contributed by atoms with E-state index in [4.69, 9.17) is 9.84 Å². The molecule has 0 radical (unpaired) electrons. The zero-order valence-corrected chi connectivity index (χ0v) is 10.4. The number of hydrogen-bond donors (Lipinski definition) is 2. The Morgan fingerprint density at radius 2 is 2.11 bits per heavy atom. The lowest BCUT2D eigenvalue weighted by Crippen LogP contribution is -2.54. The van der Waals surface area contributed by atoms with Crippen LogP contribution in [0.3, 0.4) is 0 Å². The van der Waals surface area contributed by atoms with Crippen molar-refractivity contribution in [1.82, 2.24) is 10.2 Å². The summed E-state index contributed by atoms with van der Waals surface area (Å²) in [7, 11) is 0. The molecule has 0 aromatic rings. The smallest absolute Gasteiger partial charge is 0.317 e. The molecule has 1 atom stereocenters. The number of aliphatic carboxylic acids is 1. The molecular weight excluding hydrogens is 236 g/mol. The van der Waals surface area contributed by atoms with Gasteiger partial charge in [-0.1, -0.05) is 0 Å². The van der Waals surface area contributed by atoms with Gasteiger partial charge >= 0.3 is 12.0 Å². The first-order valence-electron chi connectivity index (χ1n) is 6.47. The third-order valence-corrected chi connectivity index (χ3v) is 3.50. The van der Waals surface area contributed by atoms with E-state index in [9.17, 15) is 9.59 Å². The highest BCUT2D eigenvalue weighted by Gasteiger charge is 2.32. The van der Waals surface area contributed by atoms with Gasteiger partial charge in [-0.2, -0.15) is 0 Å². The maximum absolute atomic E-state index is 11.7. The van der Waals surface area contributed by atoms with E-state index in [2.05, 4.69) is 5.32 Å². The number of carboxylic acid groups (broad SMARTS) is 1. The molecule has 2 heterocycles. The molecule has 6 heteroatoms. The van der Waals surface area contributed by atoms with Crippen molar-refractivity contribution in [3.8, 4) is 0 Å². The maximum atomic E-state index is 11.7. The molecule has 2 fully saturated rings. The SMILES string of the molecule is O=C(O)CC1CN(C(=O)NCC2CCCOC2)C1. The van der Waals surface area contributed by atoms with E-state index in [0.29, 0.717) is 25.6 Å². The van der Waals surface area contributed by atoms with Crippen LogP contribution < -0.4 is 5.32 Å². The van der Waals surface area contributed by atoms with Crippen molar-refractivity contribution >= 4 is 12.0 Å². The molecule has 102 valence electrons. The van der Waals surface area contributed by atoms with Gasteiger partial charge in [0.2, 0.25) is 0 Å². The number of likely N-dealkylation sites (tertiary alicyclic amines) is 1. The average Bonchev–Trinajstić information content (AvgIpc) is 2.31. The molecule has 0 aromatic heterocycles. The molecule has 2 N–H and O–H groups in total. The second-order valence-electron chi connectivity index (χ2n) is 5.14. The topological polar surface area (TPSA) is 78.9 Å². The Labute approximate surface area is 106 Å². The number of hydrogen-bond acceptors (Lipinski definition) is 3. The van der Waals surface area contributed by atoms with Gasteiger partial charge in [-0.3, -0.25) is 4.79 Å². The summed E-state index contributed by atoms with van der Waals surface area (Å²) in [6, 6.07) is -0.0813. The summed E-state index contributed by atoms with van der Waals surface area (Å²) in [6.45, 7) is 3.31. The Bertz CT molecular complexity index is 309. The van der Waals surface area contributed by atoms with E-state index in [1.54, 1.807) is 4.90 Å². The van der Waals surface area contributed by atoms with Gasteiger partial charge in [0.1, 0.15) is 0 Å². The van der Waals surface area contributed by atoms with Gasteiger partial charge < -0.3 is 20.1 Å². The number of carboxylic acids is 1. The van der Waals surface area contributed by atoms with Crippen molar-refractivity contribution in [3.63, 3.8) is 0 Å². The van der Waals surface area contributed by atoms with Crippen LogP contribution in [0.2, 0.25) is 0 Å². The van der Waals surface area contributed by atoms with Crippen molar-refractivity contribution in [2.75, 3.05) is 32.8 Å². The first-order chi connectivity index (χ1) is 8.65. The molecular formula is C12H20N2O4. The number of rotatable bonds is 4. The van der Waals surface area contributed by atoms with E-state index in [1.807, 2.05) is 0 Å². The van der Waals surface area contributed by atoms with Gasteiger partial charge in [-0.25, -0.2) is 4.79 Å². The normalized spacial score (nSPS) is 24.4. The van der Waals surface area contributed by atoms with Crippen LogP contribution in [0.4, 0.5) is 4.79 Å². The summed E-state index contributed by atoms with van der Waals surface area (Å²) in [5, 5.41) is 11.5. The lowest BCUT2D eigenvalue weighted by molar-refractivity contribution is -0.139. The standard InChI is InChI=1S/C12H20N2O4/c15-11(16)4-10-6-14(7-10)12(17)13-5-9-2-1-3-18-8-9/h9-10H,1-8H2,(H,13,17)(H,15,16). The van der Waals surface area contributed by atoms with Crippen LogP contribution in [0.25, 0.3) is 0 Å². The van der Waals surface area contributed by atoms with Gasteiger partial charge in [0.15, 0.2) is 0 Å². The van der Waals surface area contributed by atoms with E-state index >= 15 is 0 Å². The summed E-state index contributed by atoms with van der Waals surface area (Å²) in [6.07, 6.45) is 2.31. The Balaban J connectivity index is 1.60. The Kier molecular flexibility index (Phi) is 4.41. The molecule has 2 aliphatic heterocycles. The Hall–Kier alpha value is -1.30. The minimum atomic E-state index is -0.792. The fourth-order valence-electron chi connectivity index (χ4n) is 2.42. The van der Waals surface area contributed by atoms with E-state index in [0.717, 1.165) is 26.1 Å². The zero-order valence-electron chi connectivity index (χ0n) is 10.4. The second-order valence-corrected chi connectivity index (χ2v) is 5.14. The van der Waals surface area contributed by atoms with Crippen molar-refractivity contribution in [2.24, 2.45) is 11.8 Å². The van der Waals surface area contributed by atoms with Crippen molar-refractivity contribution in [1.29, 1.82) is 0 Å². The highest BCUT2D eigenvalue weighted by atomic mass is 16.5. The van der Waals surface area contributed by atoms with Crippen LogP contribution in [0, 0.1) is 11.8 Å². The molecule has 0 bridgehead atoms. The van der Waals surface area contributed by atoms with Crippen molar-refractivity contribution < 1.29 is 19.4 Å². The van der Waals surface area contributed by atoms with Crippen molar-refractivity contribution in [2.45, 2.75) is 19.3 Å².